The number of hydrogen-bond acceptors (Lipinski definition) is 3. The number of ether oxygens (including phenoxy) is 1. The Morgan fingerprint density at radius 1 is 0.889 bits per heavy atom. The molecule has 1 saturated carbocycles. The van der Waals surface area contributed by atoms with E-state index in [1.54, 1.807) is 0 Å². The summed E-state index contributed by atoms with van der Waals surface area (Å²) < 4.78 is 5.59. The molecule has 0 amide bonds. The number of aryl methyl sites for hydroxylation is 1. The third-order valence-electron chi connectivity index (χ3n) is 6.02. The summed E-state index contributed by atoms with van der Waals surface area (Å²) in [5, 5.41) is 8.50. The molecule has 1 aliphatic rings. The number of rotatable bonds is 9. The van der Waals surface area contributed by atoms with Crippen molar-refractivity contribution in [1.29, 1.82) is 0 Å². The molecule has 0 unspecified atom stereocenters. The molecule has 0 spiro atoms. The van der Waals surface area contributed by atoms with Crippen LogP contribution < -0.4 is 4.74 Å². The molecule has 1 heterocycles. The third-order valence-corrected chi connectivity index (χ3v) is 6.02. The van der Waals surface area contributed by atoms with E-state index in [-0.39, 0.29) is 0 Å². The molecule has 1 aromatic carbocycles. The molecular formula is C24H34N2O. The molecule has 0 radical (unpaired) electrons. The summed E-state index contributed by atoms with van der Waals surface area (Å²) in [5.74, 6) is 2.53. The van der Waals surface area contributed by atoms with Crippen LogP contribution in [0.5, 0.6) is 5.88 Å². The highest BCUT2D eigenvalue weighted by Gasteiger charge is 2.19. The van der Waals surface area contributed by atoms with E-state index in [0.29, 0.717) is 12.5 Å². The van der Waals surface area contributed by atoms with Gasteiger partial charge in [-0.2, -0.15) is 0 Å². The van der Waals surface area contributed by atoms with E-state index in [2.05, 4.69) is 48.3 Å². The quantitative estimate of drug-likeness (QED) is 0.477. The van der Waals surface area contributed by atoms with Crippen LogP contribution in [0.4, 0.5) is 0 Å². The predicted molar refractivity (Wildman–Crippen MR) is 112 cm³/mol. The van der Waals surface area contributed by atoms with E-state index >= 15 is 0 Å². The second-order valence-electron chi connectivity index (χ2n) is 7.99. The van der Waals surface area contributed by atoms with E-state index < -0.39 is 0 Å². The fourth-order valence-corrected chi connectivity index (χ4v) is 4.01. The molecule has 0 saturated heterocycles. The van der Waals surface area contributed by atoms with Crippen molar-refractivity contribution in [2.75, 3.05) is 6.61 Å². The zero-order chi connectivity index (χ0) is 18.9. The van der Waals surface area contributed by atoms with Gasteiger partial charge in [0.1, 0.15) is 0 Å². The monoisotopic (exact) mass is 366 g/mol. The SMILES string of the molecule is CCCCOc1ccc(-c2ccc(CCC3CCC(CC)CC3)cc2)nn1. The Hall–Kier alpha value is -1.90. The third kappa shape index (κ3) is 6.05. The van der Waals surface area contributed by atoms with E-state index in [0.717, 1.165) is 35.9 Å². The van der Waals surface area contributed by atoms with Crippen molar-refractivity contribution in [2.24, 2.45) is 11.8 Å². The van der Waals surface area contributed by atoms with Gasteiger partial charge in [-0.05, 0) is 42.7 Å². The molecule has 0 N–H and O–H groups in total. The van der Waals surface area contributed by atoms with Crippen LogP contribution in [0.25, 0.3) is 11.3 Å². The lowest BCUT2D eigenvalue weighted by atomic mass is 9.78. The van der Waals surface area contributed by atoms with Crippen LogP contribution >= 0.6 is 0 Å². The molecule has 27 heavy (non-hydrogen) atoms. The van der Waals surface area contributed by atoms with Gasteiger partial charge in [0.05, 0.1) is 12.3 Å². The van der Waals surface area contributed by atoms with Gasteiger partial charge >= 0.3 is 0 Å². The van der Waals surface area contributed by atoms with Crippen LogP contribution in [0.1, 0.15) is 70.8 Å². The van der Waals surface area contributed by atoms with Gasteiger partial charge in [0.2, 0.25) is 5.88 Å². The number of aromatic nitrogens is 2. The second-order valence-corrected chi connectivity index (χ2v) is 7.99. The maximum Gasteiger partial charge on any atom is 0.233 e. The second kappa shape index (κ2) is 10.4. The van der Waals surface area contributed by atoms with E-state index in [1.807, 2.05) is 12.1 Å². The van der Waals surface area contributed by atoms with E-state index in [1.165, 1.54) is 50.5 Å². The molecule has 1 aromatic heterocycles. The molecule has 146 valence electrons. The molecule has 1 aliphatic carbocycles. The molecular weight excluding hydrogens is 332 g/mol. The van der Waals surface area contributed by atoms with Crippen molar-refractivity contribution in [3.8, 4) is 17.1 Å². The van der Waals surface area contributed by atoms with Gasteiger partial charge < -0.3 is 4.74 Å². The van der Waals surface area contributed by atoms with Crippen LogP contribution in [0.15, 0.2) is 36.4 Å². The highest BCUT2D eigenvalue weighted by Crippen LogP contribution is 2.33. The van der Waals surface area contributed by atoms with E-state index in [4.69, 9.17) is 4.74 Å². The molecule has 1 fully saturated rings. The minimum absolute atomic E-state index is 0.613. The van der Waals surface area contributed by atoms with Crippen molar-refractivity contribution >= 4 is 0 Å². The topological polar surface area (TPSA) is 35.0 Å². The number of hydrogen-bond donors (Lipinski definition) is 0. The maximum atomic E-state index is 5.59. The Balaban J connectivity index is 1.48. The first-order valence-corrected chi connectivity index (χ1v) is 10.8. The molecule has 0 aliphatic heterocycles. The van der Waals surface area contributed by atoms with Gasteiger partial charge in [0.25, 0.3) is 0 Å². The Morgan fingerprint density at radius 2 is 1.63 bits per heavy atom. The lowest BCUT2D eigenvalue weighted by Crippen LogP contribution is -2.14. The van der Waals surface area contributed by atoms with Gasteiger partial charge in [-0.1, -0.05) is 76.6 Å². The summed E-state index contributed by atoms with van der Waals surface area (Å²) in [6.45, 7) is 5.20. The number of benzene rings is 1. The molecule has 0 bridgehead atoms. The van der Waals surface area contributed by atoms with Gasteiger partial charge in [0.15, 0.2) is 0 Å². The Labute approximate surface area is 164 Å². The van der Waals surface area contributed by atoms with Gasteiger partial charge in [-0.15, -0.1) is 10.2 Å². The average Bonchev–Trinajstić information content (AvgIpc) is 2.74. The van der Waals surface area contributed by atoms with Crippen LogP contribution in [0.2, 0.25) is 0 Å². The van der Waals surface area contributed by atoms with Crippen molar-refractivity contribution in [1.82, 2.24) is 10.2 Å². The summed E-state index contributed by atoms with van der Waals surface area (Å²) >= 11 is 0. The fraction of sp³-hybridized carbons (Fsp3) is 0.583. The standard InChI is InChI=1S/C24H34N2O/c1-3-5-18-27-24-17-16-23(25-26-24)22-14-12-21(13-15-22)11-10-20-8-6-19(4-2)7-9-20/h12-17,19-20H,3-11,18H2,1-2H3. The predicted octanol–water partition coefficient (Wildman–Crippen LogP) is 6.47. The first-order valence-electron chi connectivity index (χ1n) is 10.8. The van der Waals surface area contributed by atoms with Crippen LogP contribution in [0.3, 0.4) is 0 Å². The number of nitrogens with zero attached hydrogens (tertiary/aromatic N) is 2. The summed E-state index contributed by atoms with van der Waals surface area (Å²) in [7, 11) is 0. The van der Waals surface area contributed by atoms with Gasteiger partial charge in [-0.25, -0.2) is 0 Å². The molecule has 2 aromatic rings. The highest BCUT2D eigenvalue weighted by molar-refractivity contribution is 5.59. The summed E-state index contributed by atoms with van der Waals surface area (Å²) in [6.07, 6.45) is 11.8. The lowest BCUT2D eigenvalue weighted by molar-refractivity contribution is 0.259. The first kappa shape index (κ1) is 19.9. The molecule has 3 rings (SSSR count). The zero-order valence-electron chi connectivity index (χ0n) is 17.0. The fourth-order valence-electron chi connectivity index (χ4n) is 4.01. The van der Waals surface area contributed by atoms with Crippen molar-refractivity contribution in [2.45, 2.75) is 71.6 Å². The van der Waals surface area contributed by atoms with Crippen molar-refractivity contribution in [3.63, 3.8) is 0 Å². The normalized spacial score (nSPS) is 19.8. The maximum absolute atomic E-state index is 5.59. The average molecular weight is 367 g/mol. The smallest absolute Gasteiger partial charge is 0.233 e. The zero-order valence-corrected chi connectivity index (χ0v) is 17.0. The van der Waals surface area contributed by atoms with Gasteiger partial charge in [0, 0.05) is 11.6 Å². The van der Waals surface area contributed by atoms with Crippen LogP contribution in [-0.4, -0.2) is 16.8 Å². The summed E-state index contributed by atoms with van der Waals surface area (Å²) in [4.78, 5) is 0. The Bertz CT molecular complexity index is 658. The van der Waals surface area contributed by atoms with E-state index in [9.17, 15) is 0 Å². The van der Waals surface area contributed by atoms with Gasteiger partial charge in [-0.3, -0.25) is 0 Å². The summed E-state index contributed by atoms with van der Waals surface area (Å²) in [5.41, 5.74) is 3.46. The van der Waals surface area contributed by atoms with Crippen molar-refractivity contribution < 1.29 is 4.74 Å². The number of unbranched alkanes of at least 4 members (excludes halogenated alkanes) is 1. The Kier molecular flexibility index (Phi) is 7.67. The molecule has 3 heteroatoms. The minimum atomic E-state index is 0.613. The van der Waals surface area contributed by atoms with Crippen LogP contribution in [0, 0.1) is 11.8 Å². The Morgan fingerprint density at radius 3 is 2.26 bits per heavy atom. The molecule has 3 nitrogen and oxygen atoms in total. The largest absolute Gasteiger partial charge is 0.477 e. The first-order chi connectivity index (χ1) is 13.3. The van der Waals surface area contributed by atoms with Crippen molar-refractivity contribution in [3.05, 3.63) is 42.0 Å². The van der Waals surface area contributed by atoms with Crippen LogP contribution in [-0.2, 0) is 6.42 Å². The molecule has 0 atom stereocenters. The summed E-state index contributed by atoms with van der Waals surface area (Å²) in [6, 6.07) is 12.8. The highest BCUT2D eigenvalue weighted by atomic mass is 16.5. The lowest BCUT2D eigenvalue weighted by Gasteiger charge is -2.27. The minimum Gasteiger partial charge on any atom is -0.477 e.